The number of thiophene rings is 1. The van der Waals surface area contributed by atoms with Gasteiger partial charge in [-0.1, -0.05) is 17.6 Å². The molecule has 6 nitrogen and oxygen atoms in total. The Hall–Kier alpha value is -1.73. The first kappa shape index (κ1) is 15.8. The maximum Gasteiger partial charge on any atom is 0.268 e. The molecule has 0 unspecified atom stereocenters. The maximum atomic E-state index is 12.3. The fourth-order valence-electron chi connectivity index (χ4n) is 3.25. The number of piperazine rings is 1. The SMILES string of the molecule is O=C(CC1CCC1)N1CCN(Cc2noc(-c3cccs3)n2)CC1. The molecule has 1 aliphatic carbocycles. The van der Waals surface area contributed by atoms with Crippen molar-refractivity contribution in [2.24, 2.45) is 5.92 Å². The minimum Gasteiger partial charge on any atom is -0.340 e. The Kier molecular flexibility index (Phi) is 4.62. The number of amides is 1. The lowest BCUT2D eigenvalue weighted by Gasteiger charge is -2.35. The van der Waals surface area contributed by atoms with Crippen molar-refractivity contribution in [3.05, 3.63) is 23.3 Å². The Morgan fingerprint density at radius 1 is 1.29 bits per heavy atom. The summed E-state index contributed by atoms with van der Waals surface area (Å²) in [5.74, 6) is 2.28. The van der Waals surface area contributed by atoms with E-state index in [2.05, 4.69) is 15.0 Å². The highest BCUT2D eigenvalue weighted by molar-refractivity contribution is 7.13. The van der Waals surface area contributed by atoms with Gasteiger partial charge in [-0.3, -0.25) is 9.69 Å². The van der Waals surface area contributed by atoms with Crippen LogP contribution >= 0.6 is 11.3 Å². The first-order valence-electron chi connectivity index (χ1n) is 8.64. The monoisotopic (exact) mass is 346 g/mol. The van der Waals surface area contributed by atoms with Gasteiger partial charge in [0, 0.05) is 32.6 Å². The van der Waals surface area contributed by atoms with Crippen molar-refractivity contribution < 1.29 is 9.32 Å². The largest absolute Gasteiger partial charge is 0.340 e. The van der Waals surface area contributed by atoms with Crippen LogP contribution in [0.5, 0.6) is 0 Å². The second-order valence-corrected chi connectivity index (χ2v) is 7.60. The molecule has 2 aromatic heterocycles. The predicted molar refractivity (Wildman–Crippen MR) is 91.4 cm³/mol. The zero-order chi connectivity index (χ0) is 16.4. The minimum absolute atomic E-state index is 0.332. The summed E-state index contributed by atoms with van der Waals surface area (Å²) in [6, 6.07) is 3.96. The quantitative estimate of drug-likeness (QED) is 0.833. The number of aromatic nitrogens is 2. The Balaban J connectivity index is 1.26. The van der Waals surface area contributed by atoms with Gasteiger partial charge in [-0.05, 0) is 30.2 Å². The molecule has 0 N–H and O–H groups in total. The van der Waals surface area contributed by atoms with E-state index >= 15 is 0 Å². The van der Waals surface area contributed by atoms with Crippen LogP contribution in [0.3, 0.4) is 0 Å². The van der Waals surface area contributed by atoms with Crippen molar-refractivity contribution in [2.45, 2.75) is 32.2 Å². The van der Waals surface area contributed by atoms with Crippen molar-refractivity contribution in [1.29, 1.82) is 0 Å². The number of hydrogen-bond acceptors (Lipinski definition) is 6. The predicted octanol–water partition coefficient (Wildman–Crippen LogP) is 2.63. The van der Waals surface area contributed by atoms with Crippen molar-refractivity contribution in [2.75, 3.05) is 26.2 Å². The molecule has 1 amide bonds. The summed E-state index contributed by atoms with van der Waals surface area (Å²) in [6.07, 6.45) is 4.51. The van der Waals surface area contributed by atoms with E-state index in [1.807, 2.05) is 22.4 Å². The lowest BCUT2D eigenvalue weighted by molar-refractivity contribution is -0.134. The Bertz CT molecular complexity index is 673. The van der Waals surface area contributed by atoms with Gasteiger partial charge in [0.1, 0.15) is 0 Å². The topological polar surface area (TPSA) is 62.5 Å². The van der Waals surface area contributed by atoms with E-state index in [9.17, 15) is 4.79 Å². The average Bonchev–Trinajstić information content (AvgIpc) is 3.22. The summed E-state index contributed by atoms with van der Waals surface area (Å²) < 4.78 is 5.33. The molecule has 0 atom stereocenters. The molecule has 0 spiro atoms. The summed E-state index contributed by atoms with van der Waals surface area (Å²) >= 11 is 1.60. The highest BCUT2D eigenvalue weighted by atomic mass is 32.1. The second kappa shape index (κ2) is 7.03. The van der Waals surface area contributed by atoms with E-state index < -0.39 is 0 Å². The molecule has 1 saturated heterocycles. The zero-order valence-corrected chi connectivity index (χ0v) is 14.5. The van der Waals surface area contributed by atoms with Crippen LogP contribution in [0.4, 0.5) is 0 Å². The van der Waals surface area contributed by atoms with Crippen LogP contribution in [0.15, 0.2) is 22.0 Å². The van der Waals surface area contributed by atoms with E-state index in [1.165, 1.54) is 19.3 Å². The van der Waals surface area contributed by atoms with Crippen molar-refractivity contribution in [1.82, 2.24) is 19.9 Å². The summed E-state index contributed by atoms with van der Waals surface area (Å²) in [7, 11) is 0. The normalized spacial score (nSPS) is 19.4. The first-order chi connectivity index (χ1) is 11.8. The lowest BCUT2D eigenvalue weighted by Crippen LogP contribution is -2.48. The van der Waals surface area contributed by atoms with Crippen LogP contribution in [-0.4, -0.2) is 52.0 Å². The molecule has 3 heterocycles. The molecular weight excluding hydrogens is 324 g/mol. The molecular formula is C17H22N4O2S. The molecule has 4 rings (SSSR count). The summed E-state index contributed by atoms with van der Waals surface area (Å²) in [6.45, 7) is 4.04. The molecule has 2 fully saturated rings. The van der Waals surface area contributed by atoms with Crippen LogP contribution in [0, 0.1) is 5.92 Å². The molecule has 7 heteroatoms. The van der Waals surface area contributed by atoms with Crippen LogP contribution in [0.1, 0.15) is 31.5 Å². The molecule has 0 bridgehead atoms. The molecule has 1 saturated carbocycles. The number of carbonyl (C=O) groups is 1. The number of nitrogens with zero attached hydrogens (tertiary/aromatic N) is 4. The van der Waals surface area contributed by atoms with E-state index in [0.29, 0.717) is 30.1 Å². The summed E-state index contributed by atoms with van der Waals surface area (Å²) in [4.78, 5) is 22.0. The van der Waals surface area contributed by atoms with Gasteiger partial charge in [0.05, 0.1) is 11.4 Å². The molecule has 2 aliphatic rings. The Morgan fingerprint density at radius 3 is 2.79 bits per heavy atom. The third kappa shape index (κ3) is 3.52. The van der Waals surface area contributed by atoms with Crippen molar-refractivity contribution in [3.8, 4) is 10.8 Å². The van der Waals surface area contributed by atoms with Gasteiger partial charge >= 0.3 is 0 Å². The van der Waals surface area contributed by atoms with E-state index in [1.54, 1.807) is 11.3 Å². The van der Waals surface area contributed by atoms with E-state index in [-0.39, 0.29) is 0 Å². The standard InChI is InChI=1S/C17H22N4O2S/c22-16(11-13-3-1-4-13)21-8-6-20(7-9-21)12-15-18-17(23-19-15)14-5-2-10-24-14/h2,5,10,13H,1,3-4,6-9,11-12H2. The van der Waals surface area contributed by atoms with Crippen LogP contribution in [0.2, 0.25) is 0 Å². The van der Waals surface area contributed by atoms with Gasteiger partial charge in [0.15, 0.2) is 5.82 Å². The van der Waals surface area contributed by atoms with Gasteiger partial charge in [0.2, 0.25) is 5.91 Å². The fourth-order valence-corrected chi connectivity index (χ4v) is 3.89. The number of rotatable bonds is 5. The third-order valence-corrected chi connectivity index (χ3v) is 5.84. The highest BCUT2D eigenvalue weighted by Gasteiger charge is 2.26. The third-order valence-electron chi connectivity index (χ3n) is 4.98. The average molecular weight is 346 g/mol. The maximum absolute atomic E-state index is 12.3. The van der Waals surface area contributed by atoms with Gasteiger partial charge in [0.25, 0.3) is 5.89 Å². The van der Waals surface area contributed by atoms with Crippen molar-refractivity contribution in [3.63, 3.8) is 0 Å². The van der Waals surface area contributed by atoms with E-state index in [4.69, 9.17) is 4.52 Å². The molecule has 24 heavy (non-hydrogen) atoms. The second-order valence-electron chi connectivity index (χ2n) is 6.65. The smallest absolute Gasteiger partial charge is 0.268 e. The minimum atomic E-state index is 0.332. The van der Waals surface area contributed by atoms with E-state index in [0.717, 1.165) is 37.5 Å². The first-order valence-corrected chi connectivity index (χ1v) is 9.52. The van der Waals surface area contributed by atoms with Gasteiger partial charge in [-0.15, -0.1) is 11.3 Å². The van der Waals surface area contributed by atoms with Crippen LogP contribution < -0.4 is 0 Å². The number of carbonyl (C=O) groups excluding carboxylic acids is 1. The lowest BCUT2D eigenvalue weighted by atomic mass is 9.82. The molecule has 1 aliphatic heterocycles. The van der Waals surface area contributed by atoms with Crippen LogP contribution in [0.25, 0.3) is 10.8 Å². The zero-order valence-electron chi connectivity index (χ0n) is 13.7. The molecule has 0 aromatic carbocycles. The van der Waals surface area contributed by atoms with Gasteiger partial charge in [-0.2, -0.15) is 4.98 Å². The summed E-state index contributed by atoms with van der Waals surface area (Å²) in [5.41, 5.74) is 0. The molecule has 0 radical (unpaired) electrons. The molecule has 2 aromatic rings. The van der Waals surface area contributed by atoms with Crippen LogP contribution in [-0.2, 0) is 11.3 Å². The number of hydrogen-bond donors (Lipinski definition) is 0. The Labute approximate surface area is 145 Å². The summed E-state index contributed by atoms with van der Waals surface area (Å²) in [5, 5.41) is 6.08. The van der Waals surface area contributed by atoms with Crippen molar-refractivity contribution >= 4 is 17.2 Å². The molecule has 128 valence electrons. The van der Waals surface area contributed by atoms with Gasteiger partial charge in [-0.25, -0.2) is 0 Å². The van der Waals surface area contributed by atoms with Gasteiger partial charge < -0.3 is 9.42 Å². The fraction of sp³-hybridized carbons (Fsp3) is 0.588. The Morgan fingerprint density at radius 2 is 2.12 bits per heavy atom. The highest BCUT2D eigenvalue weighted by Crippen LogP contribution is 2.30.